The summed E-state index contributed by atoms with van der Waals surface area (Å²) in [4.78, 5) is 26.6. The minimum absolute atomic E-state index is 0.117. The van der Waals surface area contributed by atoms with Crippen LogP contribution < -0.4 is 19.5 Å². The van der Waals surface area contributed by atoms with Crippen molar-refractivity contribution in [1.29, 1.82) is 0 Å². The van der Waals surface area contributed by atoms with E-state index in [-0.39, 0.29) is 42.9 Å². The van der Waals surface area contributed by atoms with Crippen molar-refractivity contribution in [2.45, 2.75) is 24.8 Å². The first-order chi connectivity index (χ1) is 16.1. The molecule has 1 unspecified atom stereocenters. The molecule has 2 aromatic rings. The molecule has 0 spiro atoms. The van der Waals surface area contributed by atoms with Crippen LogP contribution in [0.25, 0.3) is 0 Å². The van der Waals surface area contributed by atoms with Gasteiger partial charge in [0.05, 0.1) is 30.4 Å². The first-order valence-electron chi connectivity index (χ1n) is 10.8. The van der Waals surface area contributed by atoms with Crippen molar-refractivity contribution in [3.8, 4) is 17.2 Å². The fourth-order valence-electron chi connectivity index (χ4n) is 4.04. The predicted molar refractivity (Wildman–Crippen MR) is 124 cm³/mol. The van der Waals surface area contributed by atoms with Crippen LogP contribution >= 0.6 is 0 Å². The van der Waals surface area contributed by atoms with E-state index in [1.54, 1.807) is 43.0 Å². The second-order valence-corrected chi connectivity index (χ2v) is 10.0. The number of carbonyl (C=O) groups is 2. The van der Waals surface area contributed by atoms with Gasteiger partial charge in [-0.3, -0.25) is 9.59 Å². The van der Waals surface area contributed by atoms with E-state index in [1.807, 2.05) is 0 Å². The van der Waals surface area contributed by atoms with Gasteiger partial charge in [0.15, 0.2) is 6.10 Å². The van der Waals surface area contributed by atoms with Gasteiger partial charge < -0.3 is 24.4 Å². The first kappa shape index (κ1) is 23.8. The van der Waals surface area contributed by atoms with Crippen molar-refractivity contribution in [3.05, 3.63) is 41.5 Å². The highest BCUT2D eigenvalue weighted by molar-refractivity contribution is 7.89. The average Bonchev–Trinajstić information content (AvgIpc) is 2.83. The van der Waals surface area contributed by atoms with E-state index in [2.05, 4.69) is 5.32 Å². The van der Waals surface area contributed by atoms with Crippen molar-refractivity contribution in [2.75, 3.05) is 45.7 Å². The Morgan fingerprint density at radius 3 is 2.44 bits per heavy atom. The highest BCUT2D eigenvalue weighted by Crippen LogP contribution is 2.35. The van der Waals surface area contributed by atoms with Gasteiger partial charge in [-0.1, -0.05) is 0 Å². The number of sulfonamides is 1. The van der Waals surface area contributed by atoms with Crippen LogP contribution in [0.15, 0.2) is 35.2 Å². The largest absolute Gasteiger partial charge is 0.497 e. The summed E-state index contributed by atoms with van der Waals surface area (Å²) in [5.41, 5.74) is 1.33. The third kappa shape index (κ3) is 4.28. The Hall–Kier alpha value is -3.31. The first-order valence-corrected chi connectivity index (χ1v) is 12.2. The molecule has 2 heterocycles. The number of nitrogens with one attached hydrogen (secondary N) is 1. The van der Waals surface area contributed by atoms with Crippen LogP contribution in [0, 0.1) is 6.92 Å². The molecule has 0 bridgehead atoms. The second-order valence-electron chi connectivity index (χ2n) is 8.13. The fraction of sp³-hybridized carbons (Fsp3) is 0.391. The second kappa shape index (κ2) is 9.15. The normalized spacial score (nSPS) is 18.5. The Kier molecular flexibility index (Phi) is 6.41. The maximum atomic E-state index is 13.4. The summed E-state index contributed by atoms with van der Waals surface area (Å²) < 4.78 is 44.3. The standard InChI is InChI=1S/C23H27N3O7S/c1-14-11-18-20(33-15(2)22(27)24-18)13-21(14)34(29,30)26-9-7-25(8-10-26)23(28)17-6-5-16(31-3)12-19(17)32-4/h5-6,11-13,15H,7-10H2,1-4H3,(H,24,27). The van der Waals surface area contributed by atoms with E-state index < -0.39 is 16.1 Å². The molecule has 34 heavy (non-hydrogen) atoms. The molecule has 4 rings (SSSR count). The van der Waals surface area contributed by atoms with Crippen molar-refractivity contribution in [1.82, 2.24) is 9.21 Å². The Bertz CT molecular complexity index is 1240. The van der Waals surface area contributed by atoms with Crippen LogP contribution in [-0.4, -0.2) is 75.9 Å². The summed E-state index contributed by atoms with van der Waals surface area (Å²) >= 11 is 0. The van der Waals surface area contributed by atoms with Gasteiger partial charge in [-0.2, -0.15) is 4.31 Å². The number of piperazine rings is 1. The van der Waals surface area contributed by atoms with Crippen LogP contribution in [0.1, 0.15) is 22.8 Å². The summed E-state index contributed by atoms with van der Waals surface area (Å²) in [6, 6.07) is 8.01. The van der Waals surface area contributed by atoms with E-state index >= 15 is 0 Å². The molecular weight excluding hydrogens is 462 g/mol. The monoisotopic (exact) mass is 489 g/mol. The molecule has 0 aromatic heterocycles. The molecule has 1 N–H and O–H groups in total. The van der Waals surface area contributed by atoms with Crippen LogP contribution in [0.5, 0.6) is 17.2 Å². The maximum absolute atomic E-state index is 13.4. The van der Waals surface area contributed by atoms with E-state index in [1.165, 1.54) is 24.6 Å². The van der Waals surface area contributed by atoms with Gasteiger partial charge in [0.1, 0.15) is 17.2 Å². The highest BCUT2D eigenvalue weighted by Gasteiger charge is 2.34. The number of hydrogen-bond acceptors (Lipinski definition) is 7. The average molecular weight is 490 g/mol. The third-order valence-electron chi connectivity index (χ3n) is 5.99. The number of fused-ring (bicyclic) bond motifs is 1. The van der Waals surface area contributed by atoms with E-state index in [4.69, 9.17) is 14.2 Å². The summed E-state index contributed by atoms with van der Waals surface area (Å²) in [6.07, 6.45) is -0.713. The number of methoxy groups -OCH3 is 2. The molecule has 182 valence electrons. The molecule has 2 aromatic carbocycles. The Labute approximate surface area is 198 Å². The SMILES string of the molecule is COc1ccc(C(=O)N2CCN(S(=O)(=O)c3cc4c(cc3C)NC(=O)C(C)O4)CC2)c(OC)c1. The van der Waals surface area contributed by atoms with Crippen molar-refractivity contribution in [3.63, 3.8) is 0 Å². The lowest BCUT2D eigenvalue weighted by Gasteiger charge is -2.34. The molecule has 1 fully saturated rings. The van der Waals surface area contributed by atoms with Gasteiger partial charge in [0.2, 0.25) is 10.0 Å². The number of anilines is 1. The zero-order valence-electron chi connectivity index (χ0n) is 19.5. The number of nitrogens with zero attached hydrogens (tertiary/aromatic N) is 2. The minimum atomic E-state index is -3.83. The Morgan fingerprint density at radius 1 is 1.09 bits per heavy atom. The van der Waals surface area contributed by atoms with Crippen molar-refractivity contribution >= 4 is 27.5 Å². The molecule has 0 radical (unpaired) electrons. The summed E-state index contributed by atoms with van der Waals surface area (Å²) in [7, 11) is -0.822. The number of hydrogen-bond donors (Lipinski definition) is 1. The van der Waals surface area contributed by atoms with Crippen LogP contribution in [0.3, 0.4) is 0 Å². The maximum Gasteiger partial charge on any atom is 0.265 e. The van der Waals surface area contributed by atoms with E-state index in [9.17, 15) is 18.0 Å². The number of rotatable bonds is 5. The van der Waals surface area contributed by atoms with Crippen LogP contribution in [0.2, 0.25) is 0 Å². The number of aryl methyl sites for hydroxylation is 1. The predicted octanol–water partition coefficient (Wildman–Crippen LogP) is 1.88. The van der Waals surface area contributed by atoms with Crippen molar-refractivity contribution in [2.24, 2.45) is 0 Å². The van der Waals surface area contributed by atoms with Crippen molar-refractivity contribution < 1.29 is 32.2 Å². The van der Waals surface area contributed by atoms with Crippen LogP contribution in [-0.2, 0) is 14.8 Å². The molecule has 1 atom stereocenters. The molecule has 10 nitrogen and oxygen atoms in total. The Morgan fingerprint density at radius 2 is 1.79 bits per heavy atom. The van der Waals surface area contributed by atoms with Gasteiger partial charge in [-0.25, -0.2) is 8.42 Å². The molecule has 2 amide bonds. The molecule has 0 aliphatic carbocycles. The molecule has 2 aliphatic heterocycles. The topological polar surface area (TPSA) is 114 Å². The van der Waals surface area contributed by atoms with E-state index in [0.717, 1.165) is 0 Å². The lowest BCUT2D eigenvalue weighted by atomic mass is 10.1. The molecule has 11 heteroatoms. The zero-order valence-corrected chi connectivity index (χ0v) is 20.3. The molecule has 1 saturated heterocycles. The fourth-order valence-corrected chi connectivity index (χ4v) is 5.68. The van der Waals surface area contributed by atoms with Gasteiger partial charge in [0.25, 0.3) is 11.8 Å². The summed E-state index contributed by atoms with van der Waals surface area (Å²) in [5, 5.41) is 2.72. The van der Waals surface area contributed by atoms with E-state index in [0.29, 0.717) is 34.1 Å². The quantitative estimate of drug-likeness (QED) is 0.682. The molecular formula is C23H27N3O7S. The number of benzene rings is 2. The number of amides is 2. The Balaban J connectivity index is 1.51. The molecule has 0 saturated carbocycles. The molecule has 2 aliphatic rings. The van der Waals surface area contributed by atoms with Gasteiger partial charge in [0, 0.05) is 38.3 Å². The summed E-state index contributed by atoms with van der Waals surface area (Å²) in [5.74, 6) is 0.765. The van der Waals surface area contributed by atoms with Gasteiger partial charge in [-0.05, 0) is 37.6 Å². The zero-order chi connectivity index (χ0) is 24.6. The minimum Gasteiger partial charge on any atom is -0.497 e. The third-order valence-corrected chi connectivity index (χ3v) is 8.03. The smallest absolute Gasteiger partial charge is 0.265 e. The highest BCUT2D eigenvalue weighted by atomic mass is 32.2. The van der Waals surface area contributed by atoms with Gasteiger partial charge >= 0.3 is 0 Å². The van der Waals surface area contributed by atoms with Crippen LogP contribution in [0.4, 0.5) is 5.69 Å². The summed E-state index contributed by atoms with van der Waals surface area (Å²) in [6.45, 7) is 4.04. The lowest BCUT2D eigenvalue weighted by molar-refractivity contribution is -0.122. The number of carbonyl (C=O) groups excluding carboxylic acids is 2. The van der Waals surface area contributed by atoms with Gasteiger partial charge in [-0.15, -0.1) is 0 Å². The lowest BCUT2D eigenvalue weighted by Crippen LogP contribution is -2.50. The number of ether oxygens (including phenoxy) is 3.